The number of rotatable bonds is 7. The first kappa shape index (κ1) is 31.2. The van der Waals surface area contributed by atoms with Gasteiger partial charge in [-0.2, -0.15) is 5.10 Å². The van der Waals surface area contributed by atoms with E-state index >= 15 is 0 Å². The molecule has 0 aliphatic carbocycles. The van der Waals surface area contributed by atoms with E-state index < -0.39 is 12.2 Å². The molecular formula is C35H44N8O4. The number of aromatic amines is 2. The van der Waals surface area contributed by atoms with Crippen LogP contribution in [0.4, 0.5) is 4.79 Å². The van der Waals surface area contributed by atoms with Crippen molar-refractivity contribution in [3.05, 3.63) is 77.0 Å². The molecule has 3 aliphatic heterocycles. The first-order valence-corrected chi connectivity index (χ1v) is 16.9. The maximum atomic E-state index is 14.0. The van der Waals surface area contributed by atoms with E-state index in [-0.39, 0.29) is 17.6 Å². The fraction of sp³-hybridized carbons (Fsp3) is 0.486. The number of imidazole rings is 1. The van der Waals surface area contributed by atoms with E-state index in [0.29, 0.717) is 51.5 Å². The quantitative estimate of drug-likeness (QED) is 0.318. The Bertz CT molecular complexity index is 1720. The molecule has 1 atom stereocenters. The third kappa shape index (κ3) is 6.98. The zero-order chi connectivity index (χ0) is 32.3. The van der Waals surface area contributed by atoms with E-state index in [1.54, 1.807) is 15.7 Å². The molecule has 2 amide bonds. The average Bonchev–Trinajstić information content (AvgIpc) is 3.75. The number of piperidine rings is 2. The Balaban J connectivity index is 1.000. The summed E-state index contributed by atoms with van der Waals surface area (Å²) in [6, 6.07) is 16.2. The van der Waals surface area contributed by atoms with Crippen molar-refractivity contribution in [2.24, 2.45) is 0 Å². The first-order valence-electron chi connectivity index (χ1n) is 16.9. The van der Waals surface area contributed by atoms with Crippen molar-refractivity contribution in [1.82, 2.24) is 39.3 Å². The Hall–Kier alpha value is -4.42. The zero-order valence-electron chi connectivity index (χ0n) is 27.0. The lowest BCUT2D eigenvalue weighted by Crippen LogP contribution is -2.56. The third-order valence-electron chi connectivity index (χ3n) is 10.2. The predicted molar refractivity (Wildman–Crippen MR) is 179 cm³/mol. The number of likely N-dealkylation sites (tertiary alicyclic amines) is 2. The number of amides is 2. The Labute approximate surface area is 274 Å². The van der Waals surface area contributed by atoms with Gasteiger partial charge in [-0.05, 0) is 69.1 Å². The number of hydrogen-bond acceptors (Lipinski definition) is 7. The molecule has 4 aromatic rings. The highest BCUT2D eigenvalue weighted by Gasteiger charge is 2.35. The second-order valence-electron chi connectivity index (χ2n) is 13.2. The van der Waals surface area contributed by atoms with Gasteiger partial charge in [0.25, 0.3) is 5.91 Å². The molecular weight excluding hydrogens is 596 g/mol. The van der Waals surface area contributed by atoms with Crippen LogP contribution < -0.4 is 5.69 Å². The molecule has 1 unspecified atom stereocenters. The normalized spacial score (nSPS) is 19.7. The van der Waals surface area contributed by atoms with Gasteiger partial charge in [-0.25, -0.2) is 9.59 Å². The number of fused-ring (bicyclic) bond motifs is 1. The minimum Gasteiger partial charge on any atom is -0.436 e. The maximum Gasteiger partial charge on any atom is 0.410 e. The molecule has 3 fully saturated rings. The van der Waals surface area contributed by atoms with Gasteiger partial charge >= 0.3 is 11.8 Å². The minimum atomic E-state index is -0.930. The second kappa shape index (κ2) is 13.7. The Morgan fingerprint density at radius 3 is 2.36 bits per heavy atom. The number of hydrogen-bond donors (Lipinski definition) is 2. The molecule has 0 bridgehead atoms. The smallest absolute Gasteiger partial charge is 0.410 e. The summed E-state index contributed by atoms with van der Waals surface area (Å²) < 4.78 is 7.81. The molecule has 2 aromatic carbocycles. The van der Waals surface area contributed by atoms with Crippen LogP contribution in [0.3, 0.4) is 0 Å². The first-order chi connectivity index (χ1) is 22.9. The van der Waals surface area contributed by atoms with Crippen LogP contribution in [0.2, 0.25) is 0 Å². The second-order valence-corrected chi connectivity index (χ2v) is 13.2. The van der Waals surface area contributed by atoms with Crippen LogP contribution in [0.15, 0.2) is 65.7 Å². The van der Waals surface area contributed by atoms with Gasteiger partial charge in [0.15, 0.2) is 6.10 Å². The van der Waals surface area contributed by atoms with Crippen LogP contribution in [0.5, 0.6) is 0 Å². The van der Waals surface area contributed by atoms with E-state index in [2.05, 4.69) is 32.0 Å². The number of ether oxygens (including phenoxy) is 1. The molecule has 0 saturated carbocycles. The number of carbonyl (C=O) groups excluding carboxylic acids is 2. The van der Waals surface area contributed by atoms with Gasteiger partial charge in [-0.1, -0.05) is 36.4 Å². The van der Waals surface area contributed by atoms with Crippen molar-refractivity contribution in [1.29, 1.82) is 0 Å². The molecule has 47 heavy (non-hydrogen) atoms. The monoisotopic (exact) mass is 640 g/mol. The highest BCUT2D eigenvalue weighted by Crippen LogP contribution is 2.25. The molecule has 3 aliphatic rings. The molecule has 248 valence electrons. The van der Waals surface area contributed by atoms with E-state index in [9.17, 15) is 14.4 Å². The molecule has 2 N–H and O–H groups in total. The molecule has 2 aromatic heterocycles. The number of carbonyl (C=O) groups is 2. The Morgan fingerprint density at radius 2 is 1.62 bits per heavy atom. The Morgan fingerprint density at radius 1 is 0.894 bits per heavy atom. The van der Waals surface area contributed by atoms with E-state index in [4.69, 9.17) is 4.74 Å². The van der Waals surface area contributed by atoms with Crippen molar-refractivity contribution in [2.45, 2.75) is 50.3 Å². The lowest BCUT2D eigenvalue weighted by molar-refractivity contribution is -0.143. The summed E-state index contributed by atoms with van der Waals surface area (Å²) in [5.74, 6) is -0.143. The van der Waals surface area contributed by atoms with Crippen LogP contribution in [0, 0.1) is 0 Å². The van der Waals surface area contributed by atoms with Gasteiger partial charge in [-0.15, -0.1) is 0 Å². The van der Waals surface area contributed by atoms with E-state index in [0.717, 1.165) is 66.7 Å². The molecule has 12 heteroatoms. The number of aromatic nitrogens is 4. The number of H-pyrrole nitrogens is 2. The summed E-state index contributed by atoms with van der Waals surface area (Å²) in [6.07, 6.45) is 6.06. The summed E-state index contributed by atoms with van der Waals surface area (Å²) in [7, 11) is 2.17. The van der Waals surface area contributed by atoms with Crippen molar-refractivity contribution >= 4 is 22.9 Å². The number of benzene rings is 2. The van der Waals surface area contributed by atoms with Gasteiger partial charge in [0, 0.05) is 69.4 Å². The maximum absolute atomic E-state index is 14.0. The van der Waals surface area contributed by atoms with Gasteiger partial charge < -0.3 is 24.4 Å². The highest BCUT2D eigenvalue weighted by molar-refractivity contribution is 5.84. The largest absolute Gasteiger partial charge is 0.436 e. The summed E-state index contributed by atoms with van der Waals surface area (Å²) in [5, 5.41) is 8.03. The predicted octanol–water partition coefficient (Wildman–Crippen LogP) is 3.34. The van der Waals surface area contributed by atoms with Crippen molar-refractivity contribution in [2.75, 3.05) is 59.4 Å². The lowest BCUT2D eigenvalue weighted by Gasteiger charge is -2.42. The zero-order valence-corrected chi connectivity index (χ0v) is 27.0. The van der Waals surface area contributed by atoms with Gasteiger partial charge in [0.1, 0.15) is 0 Å². The molecule has 3 saturated heterocycles. The van der Waals surface area contributed by atoms with Gasteiger partial charge in [0.05, 0.1) is 17.4 Å². The summed E-state index contributed by atoms with van der Waals surface area (Å²) in [6.45, 7) is 6.02. The lowest BCUT2D eigenvalue weighted by atomic mass is 10.0. The standard InChI is InChI=1S/C35H44N8O4/c1-39-13-9-28(10-14-39)40-17-19-41(20-18-40)33(44)32(22-25-7-8-30-27(21-25)23-36-38-30)47-35(46)42-15-11-29(12-16-42)43-24-31(37-34(43)45)26-5-3-2-4-6-26/h2-8,21,23-24,28-29,32H,9-20,22H2,1H3,(H,36,38)(H,37,45). The number of nitrogens with one attached hydrogen (secondary N) is 2. The summed E-state index contributed by atoms with van der Waals surface area (Å²) in [5.41, 5.74) is 3.41. The van der Waals surface area contributed by atoms with Crippen LogP contribution in [-0.4, -0.2) is 123 Å². The van der Waals surface area contributed by atoms with Crippen LogP contribution in [-0.2, 0) is 16.0 Å². The highest BCUT2D eigenvalue weighted by atomic mass is 16.6. The molecule has 0 radical (unpaired) electrons. The SMILES string of the molecule is CN1CCC(N2CCN(C(=O)C(Cc3ccc4[nH]ncc4c3)OC(=O)N3CCC(n4cc(-c5ccccc5)[nH]c4=O)CC3)CC2)CC1. The fourth-order valence-corrected chi connectivity index (χ4v) is 7.35. The van der Waals surface area contributed by atoms with E-state index in [1.807, 2.05) is 59.6 Å². The van der Waals surface area contributed by atoms with E-state index in [1.165, 1.54) is 0 Å². The van der Waals surface area contributed by atoms with Crippen molar-refractivity contribution < 1.29 is 14.3 Å². The van der Waals surface area contributed by atoms with Gasteiger partial charge in [-0.3, -0.25) is 19.4 Å². The average molecular weight is 641 g/mol. The van der Waals surface area contributed by atoms with Crippen LogP contribution in [0.25, 0.3) is 22.2 Å². The number of piperazine rings is 1. The van der Waals surface area contributed by atoms with Crippen LogP contribution >= 0.6 is 0 Å². The fourth-order valence-electron chi connectivity index (χ4n) is 7.35. The minimum absolute atomic E-state index is 0.0276. The van der Waals surface area contributed by atoms with Gasteiger partial charge in [0.2, 0.25) is 0 Å². The molecule has 12 nitrogen and oxygen atoms in total. The number of nitrogens with zero attached hydrogens (tertiary/aromatic N) is 6. The Kier molecular flexibility index (Phi) is 9.12. The molecule has 0 spiro atoms. The van der Waals surface area contributed by atoms with Crippen molar-refractivity contribution in [3.8, 4) is 11.3 Å². The topological polar surface area (TPSA) is 123 Å². The summed E-state index contributed by atoms with van der Waals surface area (Å²) in [4.78, 5) is 51.8. The van der Waals surface area contributed by atoms with Crippen LogP contribution in [0.1, 0.15) is 37.3 Å². The molecule has 7 rings (SSSR count). The summed E-state index contributed by atoms with van der Waals surface area (Å²) >= 11 is 0. The third-order valence-corrected chi connectivity index (χ3v) is 10.2. The molecule has 5 heterocycles. The van der Waals surface area contributed by atoms with Crippen molar-refractivity contribution in [3.63, 3.8) is 0 Å².